The van der Waals surface area contributed by atoms with Crippen LogP contribution in [0.2, 0.25) is 0 Å². The molecule has 8 heteroatoms. The number of nitrogen functional groups attached to an aromatic ring is 1. The number of benzene rings is 2. The molecule has 0 bridgehead atoms. The van der Waals surface area contributed by atoms with E-state index in [-0.39, 0.29) is 5.69 Å². The fraction of sp³-hybridized carbons (Fsp3) is 0.0455. The minimum Gasteiger partial charge on any atom is -0.375 e. The molecule has 0 saturated carbocycles. The van der Waals surface area contributed by atoms with E-state index in [9.17, 15) is 9.18 Å². The van der Waals surface area contributed by atoms with Gasteiger partial charge in [0.1, 0.15) is 5.82 Å². The Kier molecular flexibility index (Phi) is 5.40. The number of nitrogens with two attached hydrogens (primary N) is 1. The van der Waals surface area contributed by atoms with Crippen molar-refractivity contribution in [2.24, 2.45) is 0 Å². The van der Waals surface area contributed by atoms with Gasteiger partial charge in [-0.3, -0.25) is 4.98 Å². The number of amides is 2. The van der Waals surface area contributed by atoms with Gasteiger partial charge in [0.25, 0.3) is 0 Å². The third kappa shape index (κ3) is 4.28. The van der Waals surface area contributed by atoms with Crippen LogP contribution in [0.3, 0.4) is 0 Å². The molecule has 2 aromatic heterocycles. The first kappa shape index (κ1) is 19.5. The van der Waals surface area contributed by atoms with Crippen LogP contribution in [-0.4, -0.2) is 16.0 Å². The summed E-state index contributed by atoms with van der Waals surface area (Å²) in [5, 5.41) is 5.66. The molecular weight excluding hydrogens is 401 g/mol. The number of carbonyl (C=O) groups excluding carboxylic acids is 1. The topological polar surface area (TPSA) is 92.9 Å². The van der Waals surface area contributed by atoms with Crippen LogP contribution < -0.4 is 16.4 Å². The maximum atomic E-state index is 14.4. The van der Waals surface area contributed by atoms with E-state index >= 15 is 0 Å². The zero-order valence-electron chi connectivity index (χ0n) is 16.0. The van der Waals surface area contributed by atoms with Gasteiger partial charge in [0, 0.05) is 23.6 Å². The third-order valence-corrected chi connectivity index (χ3v) is 5.32. The van der Waals surface area contributed by atoms with Gasteiger partial charge in [0.05, 0.1) is 16.3 Å². The van der Waals surface area contributed by atoms with E-state index < -0.39 is 11.8 Å². The summed E-state index contributed by atoms with van der Waals surface area (Å²) in [5.41, 5.74) is 9.92. The lowest BCUT2D eigenvalue weighted by atomic mass is 10.1. The van der Waals surface area contributed by atoms with E-state index in [1.165, 1.54) is 17.4 Å². The summed E-state index contributed by atoms with van der Waals surface area (Å²) in [5.74, 6) is -0.541. The van der Waals surface area contributed by atoms with Crippen LogP contribution in [-0.2, 0) is 0 Å². The van der Waals surface area contributed by atoms with Gasteiger partial charge in [-0.25, -0.2) is 14.2 Å². The minimum atomic E-state index is -0.541. The van der Waals surface area contributed by atoms with Crippen LogP contribution >= 0.6 is 11.3 Å². The maximum absolute atomic E-state index is 14.4. The molecule has 2 aromatic carbocycles. The lowest BCUT2D eigenvalue weighted by Gasteiger charge is -2.10. The van der Waals surface area contributed by atoms with Gasteiger partial charge >= 0.3 is 6.03 Å². The number of carbonyl (C=O) groups is 1. The second-order valence-corrected chi connectivity index (χ2v) is 7.64. The van der Waals surface area contributed by atoms with Gasteiger partial charge in [-0.05, 0) is 48.9 Å². The number of thiazole rings is 1. The van der Waals surface area contributed by atoms with Crippen molar-refractivity contribution in [3.63, 3.8) is 0 Å². The second-order valence-electron chi connectivity index (χ2n) is 6.61. The Morgan fingerprint density at radius 2 is 1.73 bits per heavy atom. The highest BCUT2D eigenvalue weighted by Crippen LogP contribution is 2.39. The van der Waals surface area contributed by atoms with Crippen molar-refractivity contribution >= 4 is 33.9 Å². The number of rotatable bonds is 4. The van der Waals surface area contributed by atoms with Crippen molar-refractivity contribution < 1.29 is 9.18 Å². The quantitative estimate of drug-likeness (QED) is 0.404. The molecule has 0 aliphatic heterocycles. The Labute approximate surface area is 176 Å². The zero-order chi connectivity index (χ0) is 21.1. The van der Waals surface area contributed by atoms with Gasteiger partial charge in [0.2, 0.25) is 0 Å². The summed E-state index contributed by atoms with van der Waals surface area (Å²) in [7, 11) is 0. The Bertz CT molecular complexity index is 1190. The van der Waals surface area contributed by atoms with Crippen molar-refractivity contribution in [2.75, 3.05) is 16.4 Å². The number of hydrogen-bond donors (Lipinski definition) is 3. The predicted octanol–water partition coefficient (Wildman–Crippen LogP) is 5.55. The second kappa shape index (κ2) is 8.30. The molecule has 4 N–H and O–H groups in total. The maximum Gasteiger partial charge on any atom is 0.323 e. The molecular formula is C22H18FN5OS. The van der Waals surface area contributed by atoms with E-state index in [1.54, 1.807) is 36.7 Å². The number of pyridine rings is 1. The highest BCUT2D eigenvalue weighted by Gasteiger charge is 2.16. The molecule has 30 heavy (non-hydrogen) atoms. The number of aryl methyl sites for hydroxylation is 1. The van der Waals surface area contributed by atoms with E-state index in [1.807, 2.05) is 31.2 Å². The predicted molar refractivity (Wildman–Crippen MR) is 119 cm³/mol. The summed E-state index contributed by atoms with van der Waals surface area (Å²) in [6.07, 6.45) is 3.34. The van der Waals surface area contributed by atoms with Gasteiger partial charge in [-0.2, -0.15) is 0 Å². The molecule has 0 unspecified atom stereocenters. The average molecular weight is 419 g/mol. The van der Waals surface area contributed by atoms with Gasteiger partial charge < -0.3 is 16.4 Å². The largest absolute Gasteiger partial charge is 0.375 e. The highest BCUT2D eigenvalue weighted by molar-refractivity contribution is 7.19. The van der Waals surface area contributed by atoms with Crippen molar-refractivity contribution in [3.05, 3.63) is 78.4 Å². The monoisotopic (exact) mass is 419 g/mol. The van der Waals surface area contributed by atoms with Gasteiger partial charge in [-0.1, -0.05) is 35.1 Å². The number of urea groups is 1. The standard InChI is InChI=1S/C22H18FN5OS/c1-13-2-5-16(6-3-13)26-22(29)27-18-12-15(4-7-17(18)23)20-19(28-21(24)30-20)14-8-10-25-11-9-14/h2-12H,1H3,(H2,24,28)(H2,26,27,29). The van der Waals surface area contributed by atoms with Gasteiger partial charge in [-0.15, -0.1) is 0 Å². The Morgan fingerprint density at radius 3 is 2.47 bits per heavy atom. The molecule has 0 fully saturated rings. The Hall–Kier alpha value is -3.78. The molecule has 150 valence electrons. The van der Waals surface area contributed by atoms with Crippen LogP contribution in [0.1, 0.15) is 5.56 Å². The summed E-state index contributed by atoms with van der Waals surface area (Å²) in [4.78, 5) is 21.5. The first-order valence-corrected chi connectivity index (χ1v) is 9.92. The summed E-state index contributed by atoms with van der Waals surface area (Å²) in [6.45, 7) is 1.96. The number of nitrogens with zero attached hydrogens (tertiary/aromatic N) is 2. The normalized spacial score (nSPS) is 10.6. The molecule has 0 radical (unpaired) electrons. The molecule has 4 rings (SSSR count). The molecule has 4 aromatic rings. The van der Waals surface area contributed by atoms with Crippen molar-refractivity contribution in [1.82, 2.24) is 9.97 Å². The molecule has 0 atom stereocenters. The number of aromatic nitrogens is 2. The van der Waals surface area contributed by atoms with E-state index in [2.05, 4.69) is 20.6 Å². The number of hydrogen-bond acceptors (Lipinski definition) is 5. The molecule has 0 spiro atoms. The van der Waals surface area contributed by atoms with Crippen molar-refractivity contribution in [3.8, 4) is 21.7 Å². The molecule has 2 amide bonds. The lowest BCUT2D eigenvalue weighted by molar-refractivity contribution is 0.262. The fourth-order valence-corrected chi connectivity index (χ4v) is 3.77. The third-order valence-electron chi connectivity index (χ3n) is 4.38. The van der Waals surface area contributed by atoms with E-state index in [0.29, 0.717) is 22.1 Å². The van der Waals surface area contributed by atoms with E-state index in [0.717, 1.165) is 16.0 Å². The summed E-state index contributed by atoms with van der Waals surface area (Å²) >= 11 is 1.30. The molecule has 2 heterocycles. The van der Waals surface area contributed by atoms with Crippen molar-refractivity contribution in [2.45, 2.75) is 6.92 Å². The molecule has 0 aliphatic rings. The lowest BCUT2D eigenvalue weighted by Crippen LogP contribution is -2.20. The zero-order valence-corrected chi connectivity index (χ0v) is 16.8. The highest BCUT2D eigenvalue weighted by atomic mass is 32.1. The van der Waals surface area contributed by atoms with Crippen LogP contribution in [0, 0.1) is 12.7 Å². The summed E-state index contributed by atoms with van der Waals surface area (Å²) < 4.78 is 14.4. The van der Waals surface area contributed by atoms with Crippen molar-refractivity contribution in [1.29, 1.82) is 0 Å². The SMILES string of the molecule is Cc1ccc(NC(=O)Nc2cc(-c3sc(N)nc3-c3ccncc3)ccc2F)cc1. The minimum absolute atomic E-state index is 0.0600. The van der Waals surface area contributed by atoms with Crippen LogP contribution in [0.5, 0.6) is 0 Å². The number of anilines is 3. The van der Waals surface area contributed by atoms with Gasteiger partial charge in [0.15, 0.2) is 5.13 Å². The van der Waals surface area contributed by atoms with Crippen LogP contribution in [0.25, 0.3) is 21.7 Å². The Balaban J connectivity index is 1.61. The molecule has 0 saturated heterocycles. The fourth-order valence-electron chi connectivity index (χ4n) is 2.92. The van der Waals surface area contributed by atoms with Crippen LogP contribution in [0.4, 0.5) is 25.7 Å². The van der Waals surface area contributed by atoms with E-state index in [4.69, 9.17) is 5.73 Å². The molecule has 6 nitrogen and oxygen atoms in total. The Morgan fingerprint density at radius 1 is 1.00 bits per heavy atom. The first-order chi connectivity index (χ1) is 14.5. The number of nitrogens with one attached hydrogen (secondary N) is 2. The number of halogens is 1. The average Bonchev–Trinajstić information content (AvgIpc) is 3.14. The molecule has 0 aliphatic carbocycles. The van der Waals surface area contributed by atoms with Crippen LogP contribution in [0.15, 0.2) is 67.0 Å². The first-order valence-electron chi connectivity index (χ1n) is 9.11. The summed E-state index contributed by atoms with van der Waals surface area (Å²) in [6, 6.07) is 15.0. The smallest absolute Gasteiger partial charge is 0.323 e.